The number of rotatable bonds is 4. The number of pyridine rings is 1. The molecule has 0 aliphatic heterocycles. The second-order valence-corrected chi connectivity index (χ2v) is 4.16. The van der Waals surface area contributed by atoms with E-state index in [4.69, 9.17) is 0 Å². The Morgan fingerprint density at radius 1 is 1.47 bits per heavy atom. The van der Waals surface area contributed by atoms with E-state index < -0.39 is 5.60 Å². The number of hydrogen-bond donors (Lipinski definition) is 1. The molecule has 15 heavy (non-hydrogen) atoms. The van der Waals surface area contributed by atoms with E-state index >= 15 is 0 Å². The molecule has 1 N–H and O–H groups in total. The first-order valence-electron chi connectivity index (χ1n) is 5.01. The second-order valence-electron chi connectivity index (χ2n) is 4.16. The van der Waals surface area contributed by atoms with Crippen molar-refractivity contribution in [2.75, 3.05) is 18.0 Å². The normalized spacial score (nSPS) is 11.5. The summed E-state index contributed by atoms with van der Waals surface area (Å²) in [6.07, 6.45) is 1.18. The van der Waals surface area contributed by atoms with Crippen molar-refractivity contribution in [2.45, 2.75) is 26.4 Å². The van der Waals surface area contributed by atoms with Gasteiger partial charge in [-0.2, -0.15) is 0 Å². The molecule has 0 bridgehead atoms. The van der Waals surface area contributed by atoms with Gasteiger partial charge in [0.2, 0.25) is 0 Å². The Morgan fingerprint density at radius 2 is 2.13 bits per heavy atom. The minimum Gasteiger partial charge on any atom is -0.389 e. The topological polar surface area (TPSA) is 36.4 Å². The van der Waals surface area contributed by atoms with E-state index in [1.807, 2.05) is 11.8 Å². The number of nitrogens with zero attached hydrogens (tertiary/aromatic N) is 2. The number of anilines is 1. The van der Waals surface area contributed by atoms with Gasteiger partial charge in [0.1, 0.15) is 11.6 Å². The van der Waals surface area contributed by atoms with Gasteiger partial charge in [-0.15, -0.1) is 0 Å². The maximum atomic E-state index is 12.7. The molecule has 0 aromatic carbocycles. The average molecular weight is 212 g/mol. The van der Waals surface area contributed by atoms with E-state index in [0.717, 1.165) is 6.54 Å². The monoisotopic (exact) mass is 212 g/mol. The number of aliphatic hydroxyl groups is 1. The Labute approximate surface area is 89.6 Å². The van der Waals surface area contributed by atoms with Gasteiger partial charge in [-0.05, 0) is 32.9 Å². The largest absolute Gasteiger partial charge is 0.389 e. The fourth-order valence-corrected chi connectivity index (χ4v) is 1.38. The minimum absolute atomic E-state index is 0.349. The van der Waals surface area contributed by atoms with Gasteiger partial charge in [0.15, 0.2) is 0 Å². The van der Waals surface area contributed by atoms with E-state index in [9.17, 15) is 9.50 Å². The lowest BCUT2D eigenvalue weighted by atomic mass is 10.1. The molecule has 84 valence electrons. The van der Waals surface area contributed by atoms with Crippen LogP contribution in [0, 0.1) is 5.82 Å². The van der Waals surface area contributed by atoms with Crippen molar-refractivity contribution in [2.24, 2.45) is 0 Å². The molecular weight excluding hydrogens is 195 g/mol. The quantitative estimate of drug-likeness (QED) is 0.827. The summed E-state index contributed by atoms with van der Waals surface area (Å²) in [6, 6.07) is 2.99. The molecule has 1 aromatic rings. The van der Waals surface area contributed by atoms with Crippen LogP contribution in [0.15, 0.2) is 18.3 Å². The lowest BCUT2D eigenvalue weighted by molar-refractivity contribution is 0.0874. The molecule has 0 aliphatic carbocycles. The molecule has 3 nitrogen and oxygen atoms in total. The summed E-state index contributed by atoms with van der Waals surface area (Å²) in [5, 5.41) is 9.69. The van der Waals surface area contributed by atoms with Crippen LogP contribution in [0.2, 0.25) is 0 Å². The van der Waals surface area contributed by atoms with E-state index in [0.29, 0.717) is 12.4 Å². The van der Waals surface area contributed by atoms with Crippen molar-refractivity contribution in [3.05, 3.63) is 24.1 Å². The Hall–Kier alpha value is -1.16. The summed E-state index contributed by atoms with van der Waals surface area (Å²) >= 11 is 0. The van der Waals surface area contributed by atoms with Crippen molar-refractivity contribution in [3.63, 3.8) is 0 Å². The lowest BCUT2D eigenvalue weighted by Crippen LogP contribution is -2.39. The van der Waals surface area contributed by atoms with Crippen LogP contribution < -0.4 is 4.90 Å². The molecule has 0 amide bonds. The number of halogens is 1. The highest BCUT2D eigenvalue weighted by atomic mass is 19.1. The zero-order chi connectivity index (χ0) is 11.5. The summed E-state index contributed by atoms with van der Waals surface area (Å²) in [6.45, 7) is 6.64. The molecule has 1 aromatic heterocycles. The summed E-state index contributed by atoms with van der Waals surface area (Å²) in [7, 11) is 0. The predicted molar refractivity (Wildman–Crippen MR) is 58.4 cm³/mol. The van der Waals surface area contributed by atoms with Crippen LogP contribution in [0.5, 0.6) is 0 Å². The summed E-state index contributed by atoms with van der Waals surface area (Å²) in [5.74, 6) is 0.332. The molecule has 0 fully saturated rings. The van der Waals surface area contributed by atoms with E-state index in [2.05, 4.69) is 4.98 Å². The zero-order valence-electron chi connectivity index (χ0n) is 9.37. The fourth-order valence-electron chi connectivity index (χ4n) is 1.38. The first kappa shape index (κ1) is 11.9. The molecule has 4 heteroatoms. The van der Waals surface area contributed by atoms with Crippen molar-refractivity contribution in [1.29, 1.82) is 0 Å². The summed E-state index contributed by atoms with van der Waals surface area (Å²) < 4.78 is 12.7. The smallest absolute Gasteiger partial charge is 0.141 e. The predicted octanol–water partition coefficient (Wildman–Crippen LogP) is 1.82. The maximum Gasteiger partial charge on any atom is 0.141 e. The van der Waals surface area contributed by atoms with Gasteiger partial charge in [-0.1, -0.05) is 0 Å². The Balaban J connectivity index is 2.79. The molecule has 0 saturated heterocycles. The van der Waals surface area contributed by atoms with E-state index in [1.165, 1.54) is 12.3 Å². The lowest BCUT2D eigenvalue weighted by Gasteiger charge is -2.28. The van der Waals surface area contributed by atoms with Crippen molar-refractivity contribution >= 4 is 5.82 Å². The summed E-state index contributed by atoms with van der Waals surface area (Å²) in [4.78, 5) is 5.88. The average Bonchev–Trinajstić information content (AvgIpc) is 2.14. The minimum atomic E-state index is -0.786. The van der Waals surface area contributed by atoms with Gasteiger partial charge in [-0.25, -0.2) is 9.37 Å². The highest BCUT2D eigenvalue weighted by molar-refractivity contribution is 5.38. The first-order chi connectivity index (χ1) is 6.92. The van der Waals surface area contributed by atoms with Crippen molar-refractivity contribution < 1.29 is 9.50 Å². The van der Waals surface area contributed by atoms with Gasteiger partial charge in [0.05, 0.1) is 11.8 Å². The van der Waals surface area contributed by atoms with Crippen LogP contribution in [-0.2, 0) is 0 Å². The molecule has 0 saturated carbocycles. The molecule has 0 radical (unpaired) electrons. The van der Waals surface area contributed by atoms with E-state index in [1.54, 1.807) is 19.9 Å². The third-order valence-corrected chi connectivity index (χ3v) is 2.00. The highest BCUT2D eigenvalue weighted by Gasteiger charge is 2.18. The molecule has 0 spiro atoms. The molecule has 0 unspecified atom stereocenters. The van der Waals surface area contributed by atoms with Gasteiger partial charge in [0.25, 0.3) is 0 Å². The zero-order valence-corrected chi connectivity index (χ0v) is 9.37. The fraction of sp³-hybridized carbons (Fsp3) is 0.545. The Kier molecular flexibility index (Phi) is 3.63. The molecular formula is C11H17FN2O. The summed E-state index contributed by atoms with van der Waals surface area (Å²) in [5.41, 5.74) is -0.786. The third-order valence-electron chi connectivity index (χ3n) is 2.00. The van der Waals surface area contributed by atoms with Crippen molar-refractivity contribution in [3.8, 4) is 0 Å². The molecule has 1 rings (SSSR count). The second kappa shape index (κ2) is 4.57. The van der Waals surface area contributed by atoms with Crippen LogP contribution >= 0.6 is 0 Å². The van der Waals surface area contributed by atoms with Crippen LogP contribution in [0.3, 0.4) is 0 Å². The van der Waals surface area contributed by atoms with Gasteiger partial charge >= 0.3 is 0 Å². The van der Waals surface area contributed by atoms with Crippen LogP contribution in [-0.4, -0.2) is 28.8 Å². The number of likely N-dealkylation sites (N-methyl/N-ethyl adjacent to an activating group) is 1. The van der Waals surface area contributed by atoms with E-state index in [-0.39, 0.29) is 5.82 Å². The number of hydrogen-bond acceptors (Lipinski definition) is 3. The van der Waals surface area contributed by atoms with Crippen LogP contribution in [0.4, 0.5) is 10.2 Å². The number of aromatic nitrogens is 1. The van der Waals surface area contributed by atoms with Crippen LogP contribution in [0.25, 0.3) is 0 Å². The highest BCUT2D eigenvalue weighted by Crippen LogP contribution is 2.14. The van der Waals surface area contributed by atoms with Gasteiger partial charge in [0, 0.05) is 13.1 Å². The standard InChI is InChI=1S/C11H17FN2O/c1-4-14(8-11(2,3)15)10-6-5-9(12)7-13-10/h5-7,15H,4,8H2,1-3H3. The molecule has 1 heterocycles. The van der Waals surface area contributed by atoms with Gasteiger partial charge in [-0.3, -0.25) is 0 Å². The third kappa shape index (κ3) is 3.83. The van der Waals surface area contributed by atoms with Crippen LogP contribution in [0.1, 0.15) is 20.8 Å². The molecule has 0 atom stereocenters. The SMILES string of the molecule is CCN(CC(C)(C)O)c1ccc(F)cn1. The Morgan fingerprint density at radius 3 is 2.53 bits per heavy atom. The van der Waals surface area contributed by atoms with Crippen molar-refractivity contribution in [1.82, 2.24) is 4.98 Å². The molecule has 0 aliphatic rings. The Bertz CT molecular complexity index is 305. The first-order valence-corrected chi connectivity index (χ1v) is 5.01. The maximum absolute atomic E-state index is 12.7. The van der Waals surface area contributed by atoms with Gasteiger partial charge < -0.3 is 10.0 Å².